The Morgan fingerprint density at radius 2 is 1.76 bits per heavy atom. The average Bonchev–Trinajstić information content (AvgIpc) is 2.36. The van der Waals surface area contributed by atoms with Gasteiger partial charge in [-0.3, -0.25) is 4.79 Å². The summed E-state index contributed by atoms with van der Waals surface area (Å²) in [6.45, 7) is 0. The topological polar surface area (TPSA) is 60.6 Å². The van der Waals surface area contributed by atoms with E-state index >= 15 is 0 Å². The molecule has 0 saturated heterocycles. The van der Waals surface area contributed by atoms with Crippen LogP contribution >= 0.6 is 0 Å². The lowest BCUT2D eigenvalue weighted by Crippen LogP contribution is -2.04. The fourth-order valence-corrected chi connectivity index (χ4v) is 1.78. The number of methoxy groups -OCH3 is 3. The zero-order valence-electron chi connectivity index (χ0n) is 9.87. The zero-order valence-corrected chi connectivity index (χ0v) is 9.87. The van der Waals surface area contributed by atoms with Crippen LogP contribution in [0.4, 0.5) is 0 Å². The SMILES string of the molecule is COc1cc2c(=O)cc[nH]c2c(OC)c1OC. The number of pyridine rings is 1. The third-order valence-corrected chi connectivity index (χ3v) is 2.56. The summed E-state index contributed by atoms with van der Waals surface area (Å²) in [5.74, 6) is 1.39. The highest BCUT2D eigenvalue weighted by atomic mass is 16.5. The van der Waals surface area contributed by atoms with Gasteiger partial charge in [-0.25, -0.2) is 0 Å². The summed E-state index contributed by atoms with van der Waals surface area (Å²) in [4.78, 5) is 14.7. The summed E-state index contributed by atoms with van der Waals surface area (Å²) in [5, 5.41) is 0.502. The van der Waals surface area contributed by atoms with Gasteiger partial charge in [0, 0.05) is 12.3 Å². The molecule has 1 N–H and O–H groups in total. The predicted octanol–water partition coefficient (Wildman–Crippen LogP) is 1.55. The van der Waals surface area contributed by atoms with Crippen molar-refractivity contribution in [3.05, 3.63) is 28.6 Å². The first-order valence-electron chi connectivity index (χ1n) is 5.03. The van der Waals surface area contributed by atoms with Crippen molar-refractivity contribution < 1.29 is 14.2 Å². The lowest BCUT2D eigenvalue weighted by atomic mass is 10.1. The van der Waals surface area contributed by atoms with Gasteiger partial charge in [0.15, 0.2) is 16.9 Å². The second-order valence-corrected chi connectivity index (χ2v) is 3.41. The molecule has 90 valence electrons. The van der Waals surface area contributed by atoms with Crippen LogP contribution in [-0.2, 0) is 0 Å². The van der Waals surface area contributed by atoms with E-state index in [9.17, 15) is 4.79 Å². The quantitative estimate of drug-likeness (QED) is 0.876. The van der Waals surface area contributed by atoms with E-state index in [2.05, 4.69) is 4.98 Å². The summed E-state index contributed by atoms with van der Waals surface area (Å²) >= 11 is 0. The molecule has 0 fully saturated rings. The van der Waals surface area contributed by atoms with E-state index in [-0.39, 0.29) is 5.43 Å². The number of hydrogen-bond donors (Lipinski definition) is 1. The van der Waals surface area contributed by atoms with E-state index in [1.807, 2.05) is 0 Å². The molecule has 1 aromatic carbocycles. The molecule has 1 heterocycles. The summed E-state index contributed by atoms with van der Waals surface area (Å²) < 4.78 is 15.7. The van der Waals surface area contributed by atoms with E-state index in [0.29, 0.717) is 28.2 Å². The lowest BCUT2D eigenvalue weighted by molar-refractivity contribution is 0.327. The maximum absolute atomic E-state index is 11.7. The molecule has 0 spiro atoms. The number of aromatic nitrogens is 1. The van der Waals surface area contributed by atoms with E-state index in [1.165, 1.54) is 27.4 Å². The van der Waals surface area contributed by atoms with E-state index in [0.717, 1.165) is 0 Å². The van der Waals surface area contributed by atoms with Gasteiger partial charge in [-0.05, 0) is 6.07 Å². The second-order valence-electron chi connectivity index (χ2n) is 3.41. The molecule has 1 aromatic heterocycles. The van der Waals surface area contributed by atoms with Gasteiger partial charge < -0.3 is 19.2 Å². The van der Waals surface area contributed by atoms with Crippen molar-refractivity contribution in [1.29, 1.82) is 0 Å². The molecular weight excluding hydrogens is 222 g/mol. The van der Waals surface area contributed by atoms with Crippen LogP contribution in [0.2, 0.25) is 0 Å². The Bertz CT molecular complexity index is 603. The Hall–Kier alpha value is -2.17. The van der Waals surface area contributed by atoms with Gasteiger partial charge in [-0.1, -0.05) is 0 Å². The molecule has 0 aliphatic carbocycles. The molecular formula is C12H13NO4. The molecule has 2 rings (SSSR count). The Morgan fingerprint density at radius 3 is 2.35 bits per heavy atom. The summed E-state index contributed by atoms with van der Waals surface area (Å²) in [7, 11) is 4.55. The van der Waals surface area contributed by atoms with Gasteiger partial charge in [0.05, 0.1) is 32.2 Å². The van der Waals surface area contributed by atoms with E-state index in [1.54, 1.807) is 12.3 Å². The molecule has 0 bridgehead atoms. The van der Waals surface area contributed by atoms with Crippen LogP contribution in [0, 0.1) is 0 Å². The number of benzene rings is 1. The van der Waals surface area contributed by atoms with Crippen molar-refractivity contribution in [2.45, 2.75) is 0 Å². The number of aromatic amines is 1. The van der Waals surface area contributed by atoms with Crippen LogP contribution in [0.3, 0.4) is 0 Å². The van der Waals surface area contributed by atoms with E-state index < -0.39 is 0 Å². The van der Waals surface area contributed by atoms with Gasteiger partial charge >= 0.3 is 0 Å². The van der Waals surface area contributed by atoms with Crippen molar-refractivity contribution in [2.75, 3.05) is 21.3 Å². The Labute approximate surface area is 97.9 Å². The van der Waals surface area contributed by atoms with Crippen LogP contribution in [0.5, 0.6) is 17.2 Å². The minimum atomic E-state index is -0.0991. The van der Waals surface area contributed by atoms with Gasteiger partial charge in [0.25, 0.3) is 0 Å². The summed E-state index contributed by atoms with van der Waals surface area (Å²) in [6, 6.07) is 3.09. The summed E-state index contributed by atoms with van der Waals surface area (Å²) in [5.41, 5.74) is 0.496. The summed E-state index contributed by atoms with van der Waals surface area (Å²) in [6.07, 6.45) is 1.57. The van der Waals surface area contributed by atoms with Crippen LogP contribution < -0.4 is 19.6 Å². The first-order chi connectivity index (χ1) is 8.22. The number of nitrogens with one attached hydrogen (secondary N) is 1. The fraction of sp³-hybridized carbons (Fsp3) is 0.250. The molecule has 0 atom stereocenters. The minimum Gasteiger partial charge on any atom is -0.493 e. The largest absolute Gasteiger partial charge is 0.493 e. The normalized spacial score (nSPS) is 10.3. The van der Waals surface area contributed by atoms with Gasteiger partial charge in [-0.15, -0.1) is 0 Å². The predicted molar refractivity (Wildman–Crippen MR) is 64.2 cm³/mol. The molecule has 5 heteroatoms. The number of rotatable bonds is 3. The molecule has 0 unspecified atom stereocenters. The Morgan fingerprint density at radius 1 is 1.06 bits per heavy atom. The third-order valence-electron chi connectivity index (χ3n) is 2.56. The third kappa shape index (κ3) is 1.69. The highest BCUT2D eigenvalue weighted by Gasteiger charge is 2.17. The molecule has 0 aliphatic heterocycles. The zero-order chi connectivity index (χ0) is 12.4. The second kappa shape index (κ2) is 4.37. The van der Waals surface area contributed by atoms with Crippen molar-refractivity contribution >= 4 is 10.9 Å². The molecule has 0 aliphatic rings. The minimum absolute atomic E-state index is 0.0991. The smallest absolute Gasteiger partial charge is 0.205 e. The molecule has 17 heavy (non-hydrogen) atoms. The van der Waals surface area contributed by atoms with Crippen molar-refractivity contribution in [3.8, 4) is 17.2 Å². The molecule has 0 radical (unpaired) electrons. The van der Waals surface area contributed by atoms with Crippen LogP contribution in [0.25, 0.3) is 10.9 Å². The molecule has 5 nitrogen and oxygen atoms in total. The van der Waals surface area contributed by atoms with Crippen LogP contribution in [0.15, 0.2) is 23.1 Å². The van der Waals surface area contributed by atoms with Gasteiger partial charge in [0.1, 0.15) is 0 Å². The maximum Gasteiger partial charge on any atom is 0.205 e. The highest BCUT2D eigenvalue weighted by molar-refractivity contribution is 5.89. The van der Waals surface area contributed by atoms with Gasteiger partial charge in [-0.2, -0.15) is 0 Å². The number of H-pyrrole nitrogens is 1. The van der Waals surface area contributed by atoms with Crippen molar-refractivity contribution in [2.24, 2.45) is 0 Å². The Balaban J connectivity index is 2.94. The van der Waals surface area contributed by atoms with Crippen molar-refractivity contribution in [3.63, 3.8) is 0 Å². The average molecular weight is 235 g/mol. The first-order valence-corrected chi connectivity index (χ1v) is 5.03. The molecule has 0 amide bonds. The maximum atomic E-state index is 11.7. The van der Waals surface area contributed by atoms with Crippen LogP contribution in [0.1, 0.15) is 0 Å². The molecule has 2 aromatic rings. The fourth-order valence-electron chi connectivity index (χ4n) is 1.78. The van der Waals surface area contributed by atoms with E-state index in [4.69, 9.17) is 14.2 Å². The lowest BCUT2D eigenvalue weighted by Gasteiger charge is -2.13. The van der Waals surface area contributed by atoms with Crippen LogP contribution in [-0.4, -0.2) is 26.3 Å². The van der Waals surface area contributed by atoms with Crippen molar-refractivity contribution in [1.82, 2.24) is 4.98 Å². The number of fused-ring (bicyclic) bond motifs is 1. The standard InChI is InChI=1S/C12H13NO4/c1-15-9-6-7-8(14)4-5-13-10(7)12(17-3)11(9)16-2/h4-6H,1-3H3,(H,13,14). The number of ether oxygens (including phenoxy) is 3. The highest BCUT2D eigenvalue weighted by Crippen LogP contribution is 2.41. The number of hydrogen-bond acceptors (Lipinski definition) is 4. The van der Waals surface area contributed by atoms with Gasteiger partial charge in [0.2, 0.25) is 5.75 Å². The first kappa shape index (κ1) is 11.3. The Kier molecular flexibility index (Phi) is 2.91. The monoisotopic (exact) mass is 235 g/mol. The molecule has 0 saturated carbocycles.